The summed E-state index contributed by atoms with van der Waals surface area (Å²) in [6.07, 6.45) is 7.25. The fourth-order valence-corrected chi connectivity index (χ4v) is 5.26. The largest absolute Gasteiger partial charge is 0.497 e. The van der Waals surface area contributed by atoms with Gasteiger partial charge in [-0.2, -0.15) is 0 Å². The number of Topliss-reactive ketones (excluding diaryl/α,β-unsaturated/α-hetero) is 1. The van der Waals surface area contributed by atoms with Gasteiger partial charge in [-0.25, -0.2) is 0 Å². The Kier molecular flexibility index (Phi) is 3.18. The molecule has 1 fully saturated rings. The molecule has 0 radical (unpaired) electrons. The van der Waals surface area contributed by atoms with Gasteiger partial charge in [0.15, 0.2) is 0 Å². The first-order valence-corrected chi connectivity index (χ1v) is 8.62. The van der Waals surface area contributed by atoms with Gasteiger partial charge in [-0.05, 0) is 73.3 Å². The Morgan fingerprint density at radius 2 is 2.09 bits per heavy atom. The van der Waals surface area contributed by atoms with Gasteiger partial charge in [-0.3, -0.25) is 4.79 Å². The zero-order valence-corrected chi connectivity index (χ0v) is 13.6. The Morgan fingerprint density at radius 3 is 2.86 bits per heavy atom. The third-order valence-electron chi connectivity index (χ3n) is 6.44. The third kappa shape index (κ3) is 1.76. The number of hydrogen-bond acceptors (Lipinski definition) is 2. The SMILES string of the molecule is CC[C@]12CCC3=C(CCc4cc(OC)ccc43)[C@H]1CCC2=O. The molecule has 1 aromatic rings. The molecule has 0 heterocycles. The Balaban J connectivity index is 1.81. The van der Waals surface area contributed by atoms with E-state index in [0.29, 0.717) is 11.7 Å². The zero-order chi connectivity index (χ0) is 15.3. The molecule has 0 aliphatic heterocycles. The second kappa shape index (κ2) is 4.97. The number of ketones is 1. The Morgan fingerprint density at radius 1 is 1.23 bits per heavy atom. The second-order valence-electron chi connectivity index (χ2n) is 7.05. The minimum absolute atomic E-state index is 0.0250. The average molecular weight is 296 g/mol. The summed E-state index contributed by atoms with van der Waals surface area (Å²) in [7, 11) is 1.73. The molecule has 0 N–H and O–H groups in total. The summed E-state index contributed by atoms with van der Waals surface area (Å²) in [6.45, 7) is 2.21. The summed E-state index contributed by atoms with van der Waals surface area (Å²) in [4.78, 5) is 12.5. The lowest BCUT2D eigenvalue weighted by Crippen LogP contribution is -2.36. The highest BCUT2D eigenvalue weighted by atomic mass is 16.5. The Hall–Kier alpha value is -1.57. The maximum Gasteiger partial charge on any atom is 0.139 e. The van der Waals surface area contributed by atoms with Gasteiger partial charge in [0.05, 0.1) is 7.11 Å². The van der Waals surface area contributed by atoms with Gasteiger partial charge < -0.3 is 4.74 Å². The lowest BCUT2D eigenvalue weighted by molar-refractivity contribution is -0.127. The van der Waals surface area contributed by atoms with Gasteiger partial charge in [0.25, 0.3) is 0 Å². The predicted octanol–water partition coefficient (Wildman–Crippen LogP) is 4.56. The summed E-state index contributed by atoms with van der Waals surface area (Å²) in [5.41, 5.74) is 5.98. The van der Waals surface area contributed by atoms with Gasteiger partial charge in [0.1, 0.15) is 11.5 Å². The van der Waals surface area contributed by atoms with Crippen molar-refractivity contribution in [2.45, 2.75) is 51.9 Å². The molecule has 0 aromatic heterocycles. The topological polar surface area (TPSA) is 26.3 Å². The lowest BCUT2D eigenvalue weighted by Gasteiger charge is -2.42. The van der Waals surface area contributed by atoms with Crippen molar-refractivity contribution < 1.29 is 9.53 Å². The number of hydrogen-bond donors (Lipinski definition) is 0. The van der Waals surface area contributed by atoms with Crippen molar-refractivity contribution in [3.63, 3.8) is 0 Å². The highest BCUT2D eigenvalue weighted by molar-refractivity contribution is 5.90. The van der Waals surface area contributed by atoms with Gasteiger partial charge in [-0.15, -0.1) is 0 Å². The number of ether oxygens (including phenoxy) is 1. The molecule has 0 saturated heterocycles. The summed E-state index contributed by atoms with van der Waals surface area (Å²) in [5.74, 6) is 2.01. The molecule has 3 aliphatic carbocycles. The summed E-state index contributed by atoms with van der Waals surface area (Å²) < 4.78 is 5.37. The molecule has 4 rings (SSSR count). The van der Waals surface area contributed by atoms with Crippen LogP contribution in [-0.2, 0) is 11.2 Å². The quantitative estimate of drug-likeness (QED) is 0.799. The summed E-state index contributed by atoms with van der Waals surface area (Å²) in [6, 6.07) is 6.51. The highest BCUT2D eigenvalue weighted by Crippen LogP contribution is 2.58. The molecule has 116 valence electrons. The molecule has 2 atom stereocenters. The van der Waals surface area contributed by atoms with Crippen LogP contribution in [0.25, 0.3) is 5.57 Å². The monoisotopic (exact) mass is 296 g/mol. The number of carbonyl (C=O) groups excluding carboxylic acids is 1. The van der Waals surface area contributed by atoms with Crippen LogP contribution in [-0.4, -0.2) is 12.9 Å². The number of allylic oxidation sites excluding steroid dienone is 2. The van der Waals surface area contributed by atoms with E-state index in [0.717, 1.165) is 50.7 Å². The number of aryl methyl sites for hydroxylation is 1. The van der Waals surface area contributed by atoms with Crippen molar-refractivity contribution >= 4 is 11.4 Å². The molecule has 1 saturated carbocycles. The van der Waals surface area contributed by atoms with Crippen LogP contribution < -0.4 is 4.74 Å². The molecule has 0 unspecified atom stereocenters. The van der Waals surface area contributed by atoms with E-state index in [1.54, 1.807) is 18.3 Å². The Bertz CT molecular complexity index is 670. The van der Waals surface area contributed by atoms with Crippen LogP contribution in [0, 0.1) is 11.3 Å². The number of fused-ring (bicyclic) bond motifs is 4. The summed E-state index contributed by atoms with van der Waals surface area (Å²) in [5, 5.41) is 0. The molecule has 3 aliphatic rings. The first-order chi connectivity index (χ1) is 10.7. The smallest absolute Gasteiger partial charge is 0.139 e. The average Bonchev–Trinajstić information content (AvgIpc) is 2.91. The van der Waals surface area contributed by atoms with Crippen LogP contribution in [0.3, 0.4) is 0 Å². The first kappa shape index (κ1) is 14.0. The van der Waals surface area contributed by atoms with Crippen LogP contribution in [0.1, 0.15) is 56.6 Å². The van der Waals surface area contributed by atoms with E-state index in [4.69, 9.17) is 4.74 Å². The van der Waals surface area contributed by atoms with Crippen LogP contribution in [0.4, 0.5) is 0 Å². The van der Waals surface area contributed by atoms with E-state index in [2.05, 4.69) is 25.1 Å². The van der Waals surface area contributed by atoms with Gasteiger partial charge in [0, 0.05) is 11.8 Å². The Labute approximate surface area is 132 Å². The fourth-order valence-electron chi connectivity index (χ4n) is 5.26. The maximum atomic E-state index is 12.5. The van der Waals surface area contributed by atoms with Crippen molar-refractivity contribution in [2.75, 3.05) is 7.11 Å². The molecular formula is C20H24O2. The summed E-state index contributed by atoms with van der Waals surface area (Å²) >= 11 is 0. The van der Waals surface area contributed by atoms with Crippen LogP contribution >= 0.6 is 0 Å². The molecule has 0 amide bonds. The minimum Gasteiger partial charge on any atom is -0.497 e. The molecule has 2 nitrogen and oxygen atoms in total. The van der Waals surface area contributed by atoms with Crippen LogP contribution in [0.15, 0.2) is 23.8 Å². The maximum absolute atomic E-state index is 12.5. The zero-order valence-electron chi connectivity index (χ0n) is 13.6. The normalized spacial score (nSPS) is 29.9. The van der Waals surface area contributed by atoms with E-state index >= 15 is 0 Å². The van der Waals surface area contributed by atoms with Gasteiger partial charge >= 0.3 is 0 Å². The van der Waals surface area contributed by atoms with E-state index < -0.39 is 0 Å². The van der Waals surface area contributed by atoms with Crippen molar-refractivity contribution in [3.05, 3.63) is 34.9 Å². The molecule has 0 spiro atoms. The van der Waals surface area contributed by atoms with Crippen LogP contribution in [0.5, 0.6) is 5.75 Å². The van der Waals surface area contributed by atoms with Crippen molar-refractivity contribution in [1.82, 2.24) is 0 Å². The molecule has 1 aromatic carbocycles. The van der Waals surface area contributed by atoms with E-state index in [1.165, 1.54) is 11.1 Å². The number of methoxy groups -OCH3 is 1. The van der Waals surface area contributed by atoms with Gasteiger partial charge in [-0.1, -0.05) is 18.6 Å². The fraction of sp³-hybridized carbons (Fsp3) is 0.550. The highest BCUT2D eigenvalue weighted by Gasteiger charge is 2.52. The second-order valence-corrected chi connectivity index (χ2v) is 7.05. The molecule has 22 heavy (non-hydrogen) atoms. The van der Waals surface area contributed by atoms with Crippen molar-refractivity contribution in [2.24, 2.45) is 11.3 Å². The number of benzene rings is 1. The van der Waals surface area contributed by atoms with Gasteiger partial charge in [0.2, 0.25) is 0 Å². The number of rotatable bonds is 2. The van der Waals surface area contributed by atoms with Crippen LogP contribution in [0.2, 0.25) is 0 Å². The standard InChI is InChI=1S/C20H24O2/c1-3-20-11-10-16-15-7-5-14(22-2)12-13(15)4-6-17(16)18(20)8-9-19(20)21/h5,7,12,18H,3-4,6,8-11H2,1-2H3/t18-,20+/m1/s1. The third-order valence-corrected chi connectivity index (χ3v) is 6.44. The van der Waals surface area contributed by atoms with Crippen molar-refractivity contribution in [3.8, 4) is 5.75 Å². The predicted molar refractivity (Wildman–Crippen MR) is 87.9 cm³/mol. The first-order valence-electron chi connectivity index (χ1n) is 8.62. The van der Waals surface area contributed by atoms with E-state index in [-0.39, 0.29) is 5.41 Å². The molecule has 2 heteroatoms. The lowest BCUT2D eigenvalue weighted by atomic mass is 9.61. The van der Waals surface area contributed by atoms with Crippen molar-refractivity contribution in [1.29, 1.82) is 0 Å². The van der Waals surface area contributed by atoms with E-state index in [1.807, 2.05) is 0 Å². The molecular weight excluding hydrogens is 272 g/mol. The molecule has 0 bridgehead atoms. The minimum atomic E-state index is -0.0250. The van der Waals surface area contributed by atoms with E-state index in [9.17, 15) is 4.79 Å². The number of carbonyl (C=O) groups is 1.